The van der Waals surface area contributed by atoms with E-state index in [4.69, 9.17) is 0 Å². The Bertz CT molecular complexity index is 311. The van der Waals surface area contributed by atoms with E-state index in [0.717, 1.165) is 0 Å². The normalized spacial score (nSPS) is 7.73. The molecule has 3 heteroatoms. The van der Waals surface area contributed by atoms with Crippen molar-refractivity contribution in [1.29, 1.82) is 0 Å². The average Bonchev–Trinajstić information content (AvgIpc) is 2.21. The van der Waals surface area contributed by atoms with E-state index in [2.05, 4.69) is 48.5 Å². The Morgan fingerprint density at radius 2 is 0.733 bits per heavy atom. The van der Waals surface area contributed by atoms with Gasteiger partial charge in [-0.15, -0.1) is 34.0 Å². The number of hydrogen-bond donors (Lipinski definition) is 0. The van der Waals surface area contributed by atoms with Crippen LogP contribution in [0.5, 0.6) is 0 Å². The van der Waals surface area contributed by atoms with Crippen LogP contribution in [0.2, 0.25) is 0 Å². The van der Waals surface area contributed by atoms with Crippen LogP contribution in [0.3, 0.4) is 0 Å². The molecule has 0 saturated heterocycles. The molecule has 2 aromatic carbocycles. The molecule has 0 aliphatic carbocycles. The molecule has 0 aliphatic rings. The summed E-state index contributed by atoms with van der Waals surface area (Å²) in [6.07, 6.45) is 0. The third-order valence-corrected chi connectivity index (χ3v) is 1.88. The van der Waals surface area contributed by atoms with Gasteiger partial charge in [0.25, 0.3) is 0 Å². The van der Waals surface area contributed by atoms with Crippen molar-refractivity contribution in [2.45, 2.75) is 0 Å². The summed E-state index contributed by atoms with van der Waals surface area (Å²) in [5.74, 6) is 0. The first kappa shape index (κ1) is 17.6. The number of halogens is 2. The molecule has 2 radical (unpaired) electrons. The van der Waals surface area contributed by atoms with E-state index >= 15 is 0 Å². The maximum atomic E-state index is 2.12. The van der Waals surface area contributed by atoms with Gasteiger partial charge in [-0.3, -0.25) is 0 Å². The Hall–Kier alpha value is 0.199. The van der Waals surface area contributed by atoms with Gasteiger partial charge >= 0.3 is 23.9 Å². The second-order valence-corrected chi connectivity index (χ2v) is 2.73. The monoisotopic (exact) mass is 436 g/mol. The van der Waals surface area contributed by atoms with Crippen molar-refractivity contribution < 1.29 is 0 Å². The van der Waals surface area contributed by atoms with E-state index in [1.807, 2.05) is 12.1 Å². The summed E-state index contributed by atoms with van der Waals surface area (Å²) in [6, 6.07) is 20.8. The van der Waals surface area contributed by atoms with E-state index in [1.165, 1.54) is 11.1 Å². The van der Waals surface area contributed by atoms with E-state index in [0.29, 0.717) is 0 Å². The second kappa shape index (κ2) is 9.43. The first-order valence-electron chi connectivity index (χ1n) is 4.07. The molecule has 0 amide bonds. The van der Waals surface area contributed by atoms with Gasteiger partial charge in [0, 0.05) is 0 Å². The first-order chi connectivity index (χ1) is 5.97. The van der Waals surface area contributed by atoms with Gasteiger partial charge in [0.1, 0.15) is 0 Å². The molecule has 0 heterocycles. The summed E-state index contributed by atoms with van der Waals surface area (Å²) in [4.78, 5) is 0. The Morgan fingerprint density at radius 3 is 1.00 bits per heavy atom. The van der Waals surface area contributed by atoms with Crippen LogP contribution in [0.15, 0.2) is 60.7 Å². The molecule has 80 valence electrons. The minimum Gasteiger partial charge on any atom is -0.0622 e. The summed E-state index contributed by atoms with van der Waals surface area (Å²) in [5.41, 5.74) is 2.55. The van der Waals surface area contributed by atoms with Crippen molar-refractivity contribution >= 4 is 57.9 Å². The van der Waals surface area contributed by atoms with Gasteiger partial charge in [-0.25, -0.2) is 0 Å². The van der Waals surface area contributed by atoms with Gasteiger partial charge < -0.3 is 0 Å². The summed E-state index contributed by atoms with van der Waals surface area (Å²) in [5, 5.41) is 0. The third kappa shape index (κ3) is 5.18. The number of rotatable bonds is 1. The molecule has 2 aromatic rings. The van der Waals surface area contributed by atoms with Crippen LogP contribution in [0.4, 0.5) is 0 Å². The van der Waals surface area contributed by atoms with E-state index in [1.54, 1.807) is 0 Å². The molecule has 0 fully saturated rings. The van der Waals surface area contributed by atoms with E-state index in [9.17, 15) is 0 Å². The summed E-state index contributed by atoms with van der Waals surface area (Å²) in [7, 11) is 0. The van der Waals surface area contributed by atoms with Crippen LogP contribution in [-0.4, -0.2) is 23.9 Å². The molecule has 0 spiro atoms. The Balaban J connectivity index is 0. The fourth-order valence-electron chi connectivity index (χ4n) is 1.26. The molecule has 0 atom stereocenters. The minimum atomic E-state index is 0. The van der Waals surface area contributed by atoms with Gasteiger partial charge in [0.05, 0.1) is 0 Å². The van der Waals surface area contributed by atoms with Crippen molar-refractivity contribution in [3.63, 3.8) is 0 Å². The number of benzene rings is 2. The predicted molar refractivity (Wildman–Crippen MR) is 81.1 cm³/mol. The molecular formula is C12H14Br2Sn. The van der Waals surface area contributed by atoms with Crippen LogP contribution in [0.25, 0.3) is 11.1 Å². The van der Waals surface area contributed by atoms with Crippen molar-refractivity contribution in [2.24, 2.45) is 0 Å². The smallest absolute Gasteiger partial charge is 0.0184 e. The Morgan fingerprint density at radius 1 is 0.467 bits per heavy atom. The number of hydrogen-bond acceptors (Lipinski definition) is 0. The molecular weight excluding hydrogens is 423 g/mol. The SMILES string of the molecule is Br.Br.[SnH2].c1ccc(-c2ccccc2)cc1. The van der Waals surface area contributed by atoms with Crippen LogP contribution in [-0.2, 0) is 0 Å². The Kier molecular flexibility index (Phi) is 11.1. The molecule has 0 aliphatic heterocycles. The average molecular weight is 437 g/mol. The van der Waals surface area contributed by atoms with E-state index < -0.39 is 0 Å². The summed E-state index contributed by atoms with van der Waals surface area (Å²) < 4.78 is 0. The standard InChI is InChI=1S/C12H10.2BrH.Sn.2H/c1-3-7-11(8-4-1)12-9-5-2-6-10-12;;;;;/h1-10H;2*1H;;;. The largest absolute Gasteiger partial charge is 0.0622 e. The van der Waals surface area contributed by atoms with Crippen LogP contribution in [0, 0.1) is 0 Å². The quantitative estimate of drug-likeness (QED) is 0.599. The van der Waals surface area contributed by atoms with Crippen LogP contribution >= 0.6 is 34.0 Å². The molecule has 0 N–H and O–H groups in total. The zero-order valence-corrected chi connectivity index (χ0v) is 15.8. The summed E-state index contributed by atoms with van der Waals surface area (Å²) in [6.45, 7) is 0. The Labute approximate surface area is 129 Å². The molecule has 0 nitrogen and oxygen atoms in total. The zero-order valence-electron chi connectivity index (χ0n) is 8.30. The molecule has 2 rings (SSSR count). The van der Waals surface area contributed by atoms with Gasteiger partial charge in [0.2, 0.25) is 0 Å². The van der Waals surface area contributed by atoms with Gasteiger partial charge in [0.15, 0.2) is 0 Å². The third-order valence-electron chi connectivity index (χ3n) is 1.88. The van der Waals surface area contributed by atoms with Crippen molar-refractivity contribution in [1.82, 2.24) is 0 Å². The zero-order chi connectivity index (χ0) is 8.23. The fraction of sp³-hybridized carbons (Fsp3) is 0. The predicted octanol–water partition coefficient (Wildman–Crippen LogP) is 3.59. The fourth-order valence-corrected chi connectivity index (χ4v) is 1.26. The molecule has 0 bridgehead atoms. The maximum Gasteiger partial charge on any atom is -0.0184 e. The maximum absolute atomic E-state index is 2.12. The second-order valence-electron chi connectivity index (χ2n) is 2.73. The van der Waals surface area contributed by atoms with E-state index in [-0.39, 0.29) is 57.9 Å². The summed E-state index contributed by atoms with van der Waals surface area (Å²) >= 11 is 0. The molecule has 0 aromatic heterocycles. The van der Waals surface area contributed by atoms with Gasteiger partial charge in [-0.05, 0) is 11.1 Å². The first-order valence-corrected chi connectivity index (χ1v) is 4.07. The van der Waals surface area contributed by atoms with Crippen LogP contribution in [0.1, 0.15) is 0 Å². The minimum absolute atomic E-state index is 0. The molecule has 0 saturated carbocycles. The van der Waals surface area contributed by atoms with Gasteiger partial charge in [-0.1, -0.05) is 60.7 Å². The van der Waals surface area contributed by atoms with Crippen molar-refractivity contribution in [3.8, 4) is 11.1 Å². The molecule has 0 unspecified atom stereocenters. The van der Waals surface area contributed by atoms with Crippen molar-refractivity contribution in [3.05, 3.63) is 60.7 Å². The van der Waals surface area contributed by atoms with Gasteiger partial charge in [-0.2, -0.15) is 0 Å². The van der Waals surface area contributed by atoms with Crippen LogP contribution < -0.4 is 0 Å². The topological polar surface area (TPSA) is 0 Å². The molecule has 15 heavy (non-hydrogen) atoms. The van der Waals surface area contributed by atoms with Crippen molar-refractivity contribution in [2.75, 3.05) is 0 Å².